The summed E-state index contributed by atoms with van der Waals surface area (Å²) in [4.78, 5) is 35.4. The number of rotatable bonds is 3. The summed E-state index contributed by atoms with van der Waals surface area (Å²) in [6.07, 6.45) is 0.476. The maximum Gasteiger partial charge on any atom is 0.330 e. The third-order valence-electron chi connectivity index (χ3n) is 2.89. The van der Waals surface area contributed by atoms with Gasteiger partial charge < -0.3 is 10.5 Å². The molecule has 2 atom stereocenters. The van der Waals surface area contributed by atoms with Crippen LogP contribution in [0.3, 0.4) is 0 Å². The first-order valence-electron chi connectivity index (χ1n) is 5.91. The lowest BCUT2D eigenvalue weighted by Crippen LogP contribution is -2.56. The predicted molar refractivity (Wildman–Crippen MR) is 62.9 cm³/mol. The zero-order chi connectivity index (χ0) is 13.9. The molecule has 0 radical (unpaired) electrons. The maximum absolute atomic E-state index is 12.1. The smallest absolute Gasteiger partial charge is 0.330 e. The molecular formula is C11H19N3O4. The maximum atomic E-state index is 12.1. The number of hydrogen-bond acceptors (Lipinski definition) is 5. The molecule has 1 saturated heterocycles. The molecule has 1 aliphatic rings. The molecule has 0 aromatic heterocycles. The Morgan fingerprint density at radius 1 is 1.56 bits per heavy atom. The molecule has 1 fully saturated rings. The summed E-state index contributed by atoms with van der Waals surface area (Å²) < 4.78 is 4.85. The average Bonchev–Trinajstić information content (AvgIpc) is 2.42. The molecule has 0 aromatic carbocycles. The SMILES string of the molecule is CCOC(=O)C(C)N1C(=O)C(N)CCC(=O)N1C. The first kappa shape index (κ1) is 14.4. The molecule has 0 spiro atoms. The van der Waals surface area contributed by atoms with Crippen molar-refractivity contribution in [2.24, 2.45) is 5.73 Å². The van der Waals surface area contributed by atoms with Gasteiger partial charge in [0.05, 0.1) is 12.6 Å². The Balaban J connectivity index is 2.96. The number of nitrogens with two attached hydrogens (primary N) is 1. The molecule has 18 heavy (non-hydrogen) atoms. The van der Waals surface area contributed by atoms with Crippen molar-refractivity contribution >= 4 is 17.8 Å². The van der Waals surface area contributed by atoms with Gasteiger partial charge >= 0.3 is 5.97 Å². The Morgan fingerprint density at radius 2 is 2.17 bits per heavy atom. The second-order valence-corrected chi connectivity index (χ2v) is 4.17. The summed E-state index contributed by atoms with van der Waals surface area (Å²) in [7, 11) is 1.45. The van der Waals surface area contributed by atoms with Crippen LogP contribution in [0.5, 0.6) is 0 Å². The quantitative estimate of drug-likeness (QED) is 0.672. The number of ether oxygens (including phenoxy) is 1. The van der Waals surface area contributed by atoms with Crippen molar-refractivity contribution in [3.8, 4) is 0 Å². The predicted octanol–water partition coefficient (Wildman–Crippen LogP) is -0.739. The summed E-state index contributed by atoms with van der Waals surface area (Å²) in [5, 5.41) is 2.23. The lowest BCUT2D eigenvalue weighted by atomic mass is 10.1. The molecule has 1 aliphatic heterocycles. The molecular weight excluding hydrogens is 238 g/mol. The van der Waals surface area contributed by atoms with Crippen LogP contribution in [0, 0.1) is 0 Å². The molecule has 0 bridgehead atoms. The van der Waals surface area contributed by atoms with Gasteiger partial charge in [-0.2, -0.15) is 0 Å². The van der Waals surface area contributed by atoms with Gasteiger partial charge in [0.2, 0.25) is 5.91 Å². The Bertz CT molecular complexity index is 358. The molecule has 0 saturated carbocycles. The number of hydrazine groups is 1. The number of amides is 2. The molecule has 2 unspecified atom stereocenters. The molecule has 1 heterocycles. The van der Waals surface area contributed by atoms with Crippen LogP contribution in [0.2, 0.25) is 0 Å². The van der Waals surface area contributed by atoms with E-state index in [9.17, 15) is 14.4 Å². The van der Waals surface area contributed by atoms with E-state index in [1.54, 1.807) is 6.92 Å². The fraction of sp³-hybridized carbons (Fsp3) is 0.727. The van der Waals surface area contributed by atoms with Gasteiger partial charge in [0.15, 0.2) is 0 Å². The van der Waals surface area contributed by atoms with Gasteiger partial charge in [0, 0.05) is 13.5 Å². The van der Waals surface area contributed by atoms with Crippen LogP contribution in [-0.4, -0.2) is 53.5 Å². The van der Waals surface area contributed by atoms with E-state index in [0.717, 1.165) is 10.0 Å². The summed E-state index contributed by atoms with van der Waals surface area (Å²) in [6.45, 7) is 3.40. The van der Waals surface area contributed by atoms with Crippen LogP contribution in [0.4, 0.5) is 0 Å². The van der Waals surface area contributed by atoms with Crippen LogP contribution in [0.25, 0.3) is 0 Å². The Hall–Kier alpha value is -1.63. The topological polar surface area (TPSA) is 92.9 Å². The highest BCUT2D eigenvalue weighted by Gasteiger charge is 2.37. The standard InChI is InChI=1S/C11H19N3O4/c1-4-18-11(17)7(2)14-10(16)8(12)5-6-9(15)13(14)3/h7-8H,4-6,12H2,1-3H3. The molecule has 102 valence electrons. The van der Waals surface area contributed by atoms with Gasteiger partial charge in [-0.1, -0.05) is 0 Å². The summed E-state index contributed by atoms with van der Waals surface area (Å²) >= 11 is 0. The van der Waals surface area contributed by atoms with E-state index in [0.29, 0.717) is 0 Å². The van der Waals surface area contributed by atoms with Crippen molar-refractivity contribution in [1.29, 1.82) is 0 Å². The normalized spacial score (nSPS) is 22.8. The summed E-state index contributed by atoms with van der Waals surface area (Å²) in [5.74, 6) is -1.24. The minimum Gasteiger partial charge on any atom is -0.464 e. The molecule has 7 nitrogen and oxygen atoms in total. The summed E-state index contributed by atoms with van der Waals surface area (Å²) in [6, 6.07) is -1.63. The van der Waals surface area contributed by atoms with Crippen LogP contribution < -0.4 is 5.73 Å². The van der Waals surface area contributed by atoms with Crippen LogP contribution >= 0.6 is 0 Å². The second kappa shape index (κ2) is 5.81. The average molecular weight is 257 g/mol. The second-order valence-electron chi connectivity index (χ2n) is 4.17. The molecule has 1 rings (SSSR count). The third kappa shape index (κ3) is 2.79. The van der Waals surface area contributed by atoms with Crippen LogP contribution in [0.15, 0.2) is 0 Å². The van der Waals surface area contributed by atoms with Crippen LogP contribution in [0.1, 0.15) is 26.7 Å². The number of nitrogens with zero attached hydrogens (tertiary/aromatic N) is 2. The Kier molecular flexibility index (Phi) is 4.66. The lowest BCUT2D eigenvalue weighted by Gasteiger charge is -2.34. The third-order valence-corrected chi connectivity index (χ3v) is 2.89. The van der Waals surface area contributed by atoms with Gasteiger partial charge in [0.1, 0.15) is 6.04 Å². The van der Waals surface area contributed by atoms with E-state index in [-0.39, 0.29) is 25.4 Å². The molecule has 0 aromatic rings. The van der Waals surface area contributed by atoms with Crippen molar-refractivity contribution in [3.63, 3.8) is 0 Å². The Labute approximate surface area is 106 Å². The number of esters is 1. The van der Waals surface area contributed by atoms with Gasteiger partial charge in [-0.15, -0.1) is 0 Å². The first-order chi connectivity index (χ1) is 8.40. The summed E-state index contributed by atoms with van der Waals surface area (Å²) in [5.41, 5.74) is 5.68. The van der Waals surface area contributed by atoms with E-state index in [4.69, 9.17) is 10.5 Å². The van der Waals surface area contributed by atoms with Gasteiger partial charge in [-0.25, -0.2) is 9.80 Å². The minimum atomic E-state index is -0.865. The first-order valence-corrected chi connectivity index (χ1v) is 5.91. The molecule has 2 N–H and O–H groups in total. The van der Waals surface area contributed by atoms with Crippen molar-refractivity contribution in [2.45, 2.75) is 38.8 Å². The molecule has 7 heteroatoms. The fourth-order valence-electron chi connectivity index (χ4n) is 1.82. The van der Waals surface area contributed by atoms with Crippen molar-refractivity contribution in [3.05, 3.63) is 0 Å². The van der Waals surface area contributed by atoms with Crippen molar-refractivity contribution in [1.82, 2.24) is 10.0 Å². The van der Waals surface area contributed by atoms with Crippen LogP contribution in [-0.2, 0) is 19.1 Å². The number of carbonyl (C=O) groups is 3. The van der Waals surface area contributed by atoms with E-state index in [1.807, 2.05) is 0 Å². The highest BCUT2D eigenvalue weighted by atomic mass is 16.5. The fourth-order valence-corrected chi connectivity index (χ4v) is 1.82. The van der Waals surface area contributed by atoms with Gasteiger partial charge in [-0.3, -0.25) is 14.6 Å². The van der Waals surface area contributed by atoms with Crippen molar-refractivity contribution < 1.29 is 19.1 Å². The highest BCUT2D eigenvalue weighted by Crippen LogP contribution is 2.15. The lowest BCUT2D eigenvalue weighted by molar-refractivity contribution is -0.173. The van der Waals surface area contributed by atoms with E-state index in [2.05, 4.69) is 0 Å². The minimum absolute atomic E-state index is 0.190. The largest absolute Gasteiger partial charge is 0.464 e. The zero-order valence-electron chi connectivity index (χ0n) is 10.9. The Morgan fingerprint density at radius 3 is 2.72 bits per heavy atom. The molecule has 2 amide bonds. The monoisotopic (exact) mass is 257 g/mol. The van der Waals surface area contributed by atoms with E-state index >= 15 is 0 Å². The van der Waals surface area contributed by atoms with E-state index < -0.39 is 24.0 Å². The zero-order valence-corrected chi connectivity index (χ0v) is 10.9. The van der Waals surface area contributed by atoms with E-state index in [1.165, 1.54) is 14.0 Å². The molecule has 0 aliphatic carbocycles. The van der Waals surface area contributed by atoms with Crippen molar-refractivity contribution in [2.75, 3.05) is 13.7 Å². The highest BCUT2D eigenvalue weighted by molar-refractivity contribution is 5.91. The number of carbonyl (C=O) groups excluding carboxylic acids is 3. The van der Waals surface area contributed by atoms with Gasteiger partial charge in [-0.05, 0) is 20.3 Å². The number of hydrogen-bond donors (Lipinski definition) is 1. The van der Waals surface area contributed by atoms with Gasteiger partial charge in [0.25, 0.3) is 5.91 Å².